The van der Waals surface area contributed by atoms with Gasteiger partial charge in [-0.2, -0.15) is 0 Å². The van der Waals surface area contributed by atoms with Gasteiger partial charge in [0, 0.05) is 23.9 Å². The largest absolute Gasteiger partial charge is 0.415 e. The summed E-state index contributed by atoms with van der Waals surface area (Å²) in [6, 6.07) is 5.53. The molecule has 0 aliphatic carbocycles. The molecule has 4 rings (SSSR count). The number of halogens is 1. The van der Waals surface area contributed by atoms with Crippen molar-refractivity contribution in [1.82, 2.24) is 14.7 Å². The minimum atomic E-state index is -0.617. The Balaban J connectivity index is 1.46. The lowest BCUT2D eigenvalue weighted by atomic mass is 10.0. The fourth-order valence-corrected chi connectivity index (χ4v) is 4.62. The number of thioether (sulfide) groups is 1. The van der Waals surface area contributed by atoms with Crippen LogP contribution in [0.2, 0.25) is 5.02 Å². The first-order chi connectivity index (χ1) is 12.0. The number of benzene rings is 1. The normalized spacial score (nSPS) is 25.7. The van der Waals surface area contributed by atoms with Crippen molar-refractivity contribution in [3.8, 4) is 5.75 Å². The van der Waals surface area contributed by atoms with E-state index in [1.54, 1.807) is 45.8 Å². The first-order valence-corrected chi connectivity index (χ1v) is 9.49. The molecule has 0 aromatic heterocycles. The number of hydrogen-bond acceptors (Lipinski definition) is 5. The van der Waals surface area contributed by atoms with Crippen LogP contribution >= 0.6 is 23.4 Å². The molecule has 2 atom stereocenters. The predicted octanol–water partition coefficient (Wildman–Crippen LogP) is 1.27. The number of hydrogen-bond donors (Lipinski definition) is 0. The zero-order chi connectivity index (χ0) is 17.6. The third kappa shape index (κ3) is 2.93. The molecule has 3 heterocycles. The first kappa shape index (κ1) is 16.5. The summed E-state index contributed by atoms with van der Waals surface area (Å²) in [7, 11) is 0. The highest BCUT2D eigenvalue weighted by atomic mass is 35.5. The van der Waals surface area contributed by atoms with Gasteiger partial charge in [-0.1, -0.05) is 11.6 Å². The third-order valence-electron chi connectivity index (χ3n) is 4.68. The standard InChI is InChI=1S/C16H16ClN3O4S/c17-10-1-3-11(4-2-10)24-16(23)18-5-6-19-12(7-18)14(21)20-9-25-8-13(20)15(19)22/h1-4,12-13H,5-9H2/t12-,13+/m1/s1. The summed E-state index contributed by atoms with van der Waals surface area (Å²) in [5, 5.41) is 0.553. The summed E-state index contributed by atoms with van der Waals surface area (Å²) < 4.78 is 5.33. The van der Waals surface area contributed by atoms with Crippen LogP contribution in [0.3, 0.4) is 0 Å². The number of nitrogens with zero attached hydrogens (tertiary/aromatic N) is 3. The molecular weight excluding hydrogens is 366 g/mol. The Labute approximate surface area is 153 Å². The van der Waals surface area contributed by atoms with Gasteiger partial charge >= 0.3 is 6.09 Å². The van der Waals surface area contributed by atoms with Gasteiger partial charge in [0.2, 0.25) is 11.8 Å². The van der Waals surface area contributed by atoms with Gasteiger partial charge < -0.3 is 19.4 Å². The molecule has 0 spiro atoms. The van der Waals surface area contributed by atoms with Crippen LogP contribution < -0.4 is 4.74 Å². The van der Waals surface area contributed by atoms with Gasteiger partial charge in [0.15, 0.2) is 0 Å². The van der Waals surface area contributed by atoms with E-state index in [0.717, 1.165) is 0 Å². The summed E-state index contributed by atoms with van der Waals surface area (Å²) in [6.45, 7) is 0.854. The number of carbonyl (C=O) groups is 3. The zero-order valence-electron chi connectivity index (χ0n) is 13.3. The Hall–Kier alpha value is -1.93. The summed E-state index contributed by atoms with van der Waals surface area (Å²) in [4.78, 5) is 42.3. The molecule has 1 aromatic rings. The molecule has 25 heavy (non-hydrogen) atoms. The summed E-state index contributed by atoms with van der Waals surface area (Å²) in [5.74, 6) is 1.48. The fraction of sp³-hybridized carbons (Fsp3) is 0.438. The quantitative estimate of drug-likeness (QED) is 0.732. The lowest BCUT2D eigenvalue weighted by molar-refractivity contribution is -0.161. The topological polar surface area (TPSA) is 70.2 Å². The average molecular weight is 382 g/mol. The second-order valence-corrected chi connectivity index (χ2v) is 7.58. The molecule has 3 fully saturated rings. The van der Waals surface area contributed by atoms with Crippen LogP contribution in [0.4, 0.5) is 4.79 Å². The molecule has 9 heteroatoms. The maximum Gasteiger partial charge on any atom is 0.415 e. The number of amides is 3. The van der Waals surface area contributed by atoms with Crippen LogP contribution in [0.25, 0.3) is 0 Å². The molecular formula is C16H16ClN3O4S. The Morgan fingerprint density at radius 2 is 1.80 bits per heavy atom. The van der Waals surface area contributed by atoms with Crippen molar-refractivity contribution < 1.29 is 19.1 Å². The van der Waals surface area contributed by atoms with Crippen LogP contribution in [-0.4, -0.2) is 76.0 Å². The van der Waals surface area contributed by atoms with Crippen molar-refractivity contribution in [3.05, 3.63) is 29.3 Å². The number of fused-ring (bicyclic) bond motifs is 2. The molecule has 3 saturated heterocycles. The van der Waals surface area contributed by atoms with E-state index in [4.69, 9.17) is 16.3 Å². The van der Waals surface area contributed by atoms with Crippen LogP contribution in [0.15, 0.2) is 24.3 Å². The van der Waals surface area contributed by atoms with E-state index in [0.29, 0.717) is 35.5 Å². The minimum absolute atomic E-state index is 0.0136. The summed E-state index contributed by atoms with van der Waals surface area (Å²) >= 11 is 7.40. The molecule has 132 valence electrons. The molecule has 7 nitrogen and oxygen atoms in total. The smallest absolute Gasteiger partial charge is 0.410 e. The van der Waals surface area contributed by atoms with Crippen molar-refractivity contribution in [2.75, 3.05) is 31.3 Å². The van der Waals surface area contributed by atoms with E-state index in [9.17, 15) is 14.4 Å². The van der Waals surface area contributed by atoms with Gasteiger partial charge in [0.1, 0.15) is 17.8 Å². The van der Waals surface area contributed by atoms with Gasteiger partial charge in [-0.25, -0.2) is 4.79 Å². The van der Waals surface area contributed by atoms with Crippen LogP contribution in [0.1, 0.15) is 0 Å². The summed E-state index contributed by atoms with van der Waals surface area (Å²) in [6.07, 6.45) is -0.528. The number of piperazine rings is 2. The van der Waals surface area contributed by atoms with Gasteiger partial charge in [-0.15, -0.1) is 11.8 Å². The molecule has 0 unspecified atom stereocenters. The minimum Gasteiger partial charge on any atom is -0.410 e. The van der Waals surface area contributed by atoms with E-state index in [1.807, 2.05) is 0 Å². The number of carbonyl (C=O) groups excluding carboxylic acids is 3. The average Bonchev–Trinajstić information content (AvgIpc) is 3.11. The lowest BCUT2D eigenvalue weighted by Gasteiger charge is -2.46. The molecule has 3 aliphatic heterocycles. The lowest BCUT2D eigenvalue weighted by Crippen LogP contribution is -2.69. The molecule has 1 aromatic carbocycles. The number of rotatable bonds is 1. The van der Waals surface area contributed by atoms with Crippen LogP contribution in [0.5, 0.6) is 5.75 Å². The van der Waals surface area contributed by atoms with E-state index in [-0.39, 0.29) is 24.4 Å². The number of ether oxygens (including phenoxy) is 1. The SMILES string of the molecule is O=C(Oc1ccc(Cl)cc1)N1CCN2C(=O)[C@@H]3CSCN3C(=O)[C@H]2C1. The highest BCUT2D eigenvalue weighted by molar-refractivity contribution is 7.99. The zero-order valence-corrected chi connectivity index (χ0v) is 14.8. The van der Waals surface area contributed by atoms with Crippen LogP contribution in [-0.2, 0) is 9.59 Å². The highest BCUT2D eigenvalue weighted by Crippen LogP contribution is 2.30. The summed E-state index contributed by atoms with van der Waals surface area (Å²) in [5.41, 5.74) is 0. The Morgan fingerprint density at radius 1 is 1.08 bits per heavy atom. The van der Waals surface area contributed by atoms with Crippen molar-refractivity contribution in [1.29, 1.82) is 0 Å². The first-order valence-electron chi connectivity index (χ1n) is 7.95. The van der Waals surface area contributed by atoms with Crippen molar-refractivity contribution in [2.45, 2.75) is 12.1 Å². The fourth-order valence-electron chi connectivity index (χ4n) is 3.34. The van der Waals surface area contributed by atoms with E-state index in [2.05, 4.69) is 0 Å². The Kier molecular flexibility index (Phi) is 4.24. The molecule has 0 radical (unpaired) electrons. The maximum absolute atomic E-state index is 12.7. The van der Waals surface area contributed by atoms with Crippen molar-refractivity contribution in [2.24, 2.45) is 0 Å². The molecule has 0 N–H and O–H groups in total. The predicted molar refractivity (Wildman–Crippen MR) is 92.5 cm³/mol. The Bertz CT molecular complexity index is 729. The van der Waals surface area contributed by atoms with Crippen molar-refractivity contribution >= 4 is 41.3 Å². The molecule has 0 saturated carbocycles. The monoisotopic (exact) mass is 381 g/mol. The van der Waals surface area contributed by atoms with Gasteiger partial charge in [0.05, 0.1) is 12.4 Å². The molecule has 0 bridgehead atoms. The molecule has 3 amide bonds. The van der Waals surface area contributed by atoms with E-state index in [1.165, 1.54) is 4.90 Å². The second-order valence-electron chi connectivity index (χ2n) is 6.14. The van der Waals surface area contributed by atoms with E-state index < -0.39 is 12.1 Å². The molecule has 3 aliphatic rings. The van der Waals surface area contributed by atoms with Crippen molar-refractivity contribution in [3.63, 3.8) is 0 Å². The van der Waals surface area contributed by atoms with Gasteiger partial charge in [-0.05, 0) is 24.3 Å². The highest BCUT2D eigenvalue weighted by Gasteiger charge is 2.50. The maximum atomic E-state index is 12.7. The van der Waals surface area contributed by atoms with Crippen LogP contribution in [0, 0.1) is 0 Å². The Morgan fingerprint density at radius 3 is 2.56 bits per heavy atom. The van der Waals surface area contributed by atoms with Gasteiger partial charge in [-0.3, -0.25) is 9.59 Å². The van der Waals surface area contributed by atoms with Gasteiger partial charge in [0.25, 0.3) is 0 Å². The van der Waals surface area contributed by atoms with E-state index >= 15 is 0 Å². The second kappa shape index (κ2) is 6.42. The third-order valence-corrected chi connectivity index (χ3v) is 5.94.